The molecule has 0 radical (unpaired) electrons. The molecule has 1 heterocycles. The van der Waals surface area contributed by atoms with Gasteiger partial charge in [0, 0.05) is 12.1 Å². The minimum atomic E-state index is 0. The number of nitrogens with zero attached hydrogens (tertiary/aromatic N) is 1. The van der Waals surface area contributed by atoms with Crippen LogP contribution in [0.2, 0.25) is 0 Å². The van der Waals surface area contributed by atoms with Crippen LogP contribution in [0.1, 0.15) is 18.6 Å². The second-order valence-corrected chi connectivity index (χ2v) is 2.78. The third kappa shape index (κ3) is 2.74. The summed E-state index contributed by atoms with van der Waals surface area (Å²) in [5, 5.41) is 0. The molecule has 0 saturated heterocycles. The number of halogens is 1. The van der Waals surface area contributed by atoms with Crippen molar-refractivity contribution < 1.29 is 26.3 Å². The summed E-state index contributed by atoms with van der Waals surface area (Å²) in [6, 6.07) is 5.59. The van der Waals surface area contributed by atoms with E-state index in [4.69, 9.17) is 0 Å². The largest absolute Gasteiger partial charge is 1.00 e. The van der Waals surface area contributed by atoms with Crippen molar-refractivity contribution in [2.45, 2.75) is 13.8 Å². The topological polar surface area (TPSA) is 20.9 Å². The zero-order valence-corrected chi connectivity index (χ0v) is 8.78. The lowest BCUT2D eigenvalue weighted by molar-refractivity contribution is -0.576. The molecule has 0 aromatic carbocycles. The summed E-state index contributed by atoms with van der Waals surface area (Å²) in [5.41, 5.74) is 0. The molecule has 0 N–H and O–H groups in total. The summed E-state index contributed by atoms with van der Waals surface area (Å²) in [4.78, 5) is 11.3. The van der Waals surface area contributed by atoms with Crippen LogP contribution in [-0.4, -0.2) is 5.91 Å². The molecule has 0 saturated carbocycles. The second-order valence-electron chi connectivity index (χ2n) is 2.78. The Balaban J connectivity index is 0.00000121. The maximum atomic E-state index is 11.3. The predicted molar refractivity (Wildman–Crippen MR) is 42.1 cm³/mol. The Morgan fingerprint density at radius 3 is 2.08 bits per heavy atom. The zero-order valence-electron chi connectivity index (χ0n) is 7.20. The fourth-order valence-corrected chi connectivity index (χ4v) is 0.844. The molecule has 0 aliphatic rings. The summed E-state index contributed by atoms with van der Waals surface area (Å²) in [5.74, 6) is 0.188. The van der Waals surface area contributed by atoms with Crippen molar-refractivity contribution in [1.29, 1.82) is 0 Å². The number of aromatic nitrogens is 1. The van der Waals surface area contributed by atoms with Gasteiger partial charge in [-0.25, -0.2) is 4.79 Å². The number of hydrogen-bond donors (Lipinski definition) is 0. The average molecular weight is 230 g/mol. The van der Waals surface area contributed by atoms with E-state index in [1.807, 2.05) is 32.0 Å². The van der Waals surface area contributed by atoms with Crippen molar-refractivity contribution in [2.24, 2.45) is 5.92 Å². The standard InChI is InChI=1S/C9H12NO.BrH/c1-8(2)9(11)10-6-4-3-5-7-10;/h3-8H,1-2H3;1H/q+1;/p-1. The molecule has 12 heavy (non-hydrogen) atoms. The molecule has 1 rings (SSSR count). The molecule has 0 atom stereocenters. The van der Waals surface area contributed by atoms with E-state index in [9.17, 15) is 4.79 Å². The number of hydrogen-bond acceptors (Lipinski definition) is 1. The van der Waals surface area contributed by atoms with Crippen LogP contribution in [0, 0.1) is 5.92 Å². The van der Waals surface area contributed by atoms with Crippen molar-refractivity contribution in [3.8, 4) is 0 Å². The highest BCUT2D eigenvalue weighted by Crippen LogP contribution is 1.90. The third-order valence-corrected chi connectivity index (χ3v) is 1.46. The monoisotopic (exact) mass is 229 g/mol. The van der Waals surface area contributed by atoms with E-state index in [0.29, 0.717) is 0 Å². The maximum Gasteiger partial charge on any atom is 0.394 e. The van der Waals surface area contributed by atoms with Crippen LogP contribution in [-0.2, 0) is 0 Å². The first-order valence-electron chi connectivity index (χ1n) is 3.72. The molecule has 0 bridgehead atoms. The first kappa shape index (κ1) is 11.3. The van der Waals surface area contributed by atoms with Crippen molar-refractivity contribution in [3.63, 3.8) is 0 Å². The maximum absolute atomic E-state index is 11.3. The molecule has 0 amide bonds. The average Bonchev–Trinajstić information content (AvgIpc) is 2.05. The third-order valence-electron chi connectivity index (χ3n) is 1.46. The molecule has 0 spiro atoms. The molecule has 0 aliphatic carbocycles. The van der Waals surface area contributed by atoms with Crippen LogP contribution in [0.25, 0.3) is 0 Å². The van der Waals surface area contributed by atoms with E-state index in [2.05, 4.69) is 0 Å². The molecule has 1 aromatic heterocycles. The Morgan fingerprint density at radius 1 is 1.17 bits per heavy atom. The van der Waals surface area contributed by atoms with Gasteiger partial charge in [-0.1, -0.05) is 6.07 Å². The van der Waals surface area contributed by atoms with Crippen LogP contribution in [0.4, 0.5) is 0 Å². The lowest BCUT2D eigenvalue weighted by Gasteiger charge is -1.95. The quantitative estimate of drug-likeness (QED) is 0.525. The minimum absolute atomic E-state index is 0. The molecule has 1 aromatic rings. The number of carbonyl (C=O) groups excluding carboxylic acids is 1. The van der Waals surface area contributed by atoms with E-state index in [-0.39, 0.29) is 28.8 Å². The van der Waals surface area contributed by atoms with Gasteiger partial charge in [-0.15, -0.1) is 4.57 Å². The van der Waals surface area contributed by atoms with Crippen molar-refractivity contribution in [3.05, 3.63) is 30.6 Å². The lowest BCUT2D eigenvalue weighted by atomic mass is 10.2. The van der Waals surface area contributed by atoms with Gasteiger partial charge in [-0.3, -0.25) is 0 Å². The first-order chi connectivity index (χ1) is 5.22. The van der Waals surface area contributed by atoms with Crippen LogP contribution >= 0.6 is 0 Å². The summed E-state index contributed by atoms with van der Waals surface area (Å²) < 4.78 is 1.60. The lowest BCUT2D eigenvalue weighted by Crippen LogP contribution is -3.00. The van der Waals surface area contributed by atoms with E-state index >= 15 is 0 Å². The van der Waals surface area contributed by atoms with Gasteiger partial charge in [0.15, 0.2) is 12.4 Å². The van der Waals surface area contributed by atoms with Crippen LogP contribution in [0.5, 0.6) is 0 Å². The van der Waals surface area contributed by atoms with E-state index in [0.717, 1.165) is 0 Å². The Hall–Kier alpha value is -0.700. The van der Waals surface area contributed by atoms with Crippen molar-refractivity contribution in [2.75, 3.05) is 0 Å². The molecular formula is C9H12BrNO. The fraction of sp³-hybridized carbons (Fsp3) is 0.333. The summed E-state index contributed by atoms with van der Waals surface area (Å²) in [6.45, 7) is 3.78. The van der Waals surface area contributed by atoms with E-state index in [1.54, 1.807) is 17.0 Å². The molecule has 66 valence electrons. The van der Waals surface area contributed by atoms with Gasteiger partial charge in [0.2, 0.25) is 0 Å². The van der Waals surface area contributed by atoms with Gasteiger partial charge in [-0.2, -0.15) is 0 Å². The minimum Gasteiger partial charge on any atom is -1.00 e. The Bertz CT molecular complexity index is 246. The number of rotatable bonds is 1. The molecule has 2 nitrogen and oxygen atoms in total. The van der Waals surface area contributed by atoms with Gasteiger partial charge < -0.3 is 17.0 Å². The van der Waals surface area contributed by atoms with Gasteiger partial charge in [-0.05, 0) is 13.8 Å². The Morgan fingerprint density at radius 2 is 1.67 bits per heavy atom. The van der Waals surface area contributed by atoms with Gasteiger partial charge in [0.05, 0.1) is 5.92 Å². The normalized spacial score (nSPS) is 9.25. The highest BCUT2D eigenvalue weighted by Gasteiger charge is 2.16. The molecule has 3 heteroatoms. The molecule has 0 aliphatic heterocycles. The number of pyridine rings is 1. The second kappa shape index (κ2) is 5.04. The van der Waals surface area contributed by atoms with E-state index < -0.39 is 0 Å². The molecule has 0 fully saturated rings. The van der Waals surface area contributed by atoms with Crippen LogP contribution < -0.4 is 21.5 Å². The zero-order chi connectivity index (χ0) is 8.27. The Labute approximate surface area is 83.0 Å². The predicted octanol–water partition coefficient (Wildman–Crippen LogP) is -1.73. The fourth-order valence-electron chi connectivity index (χ4n) is 0.844. The van der Waals surface area contributed by atoms with Gasteiger partial charge in [0.1, 0.15) is 0 Å². The highest BCUT2D eigenvalue weighted by atomic mass is 79.9. The summed E-state index contributed by atoms with van der Waals surface area (Å²) in [6.07, 6.45) is 3.53. The van der Waals surface area contributed by atoms with Gasteiger partial charge >= 0.3 is 5.91 Å². The van der Waals surface area contributed by atoms with Crippen LogP contribution in [0.3, 0.4) is 0 Å². The summed E-state index contributed by atoms with van der Waals surface area (Å²) >= 11 is 0. The summed E-state index contributed by atoms with van der Waals surface area (Å²) in [7, 11) is 0. The Kier molecular flexibility index (Phi) is 4.74. The molecular weight excluding hydrogens is 218 g/mol. The number of carbonyl (C=O) groups is 1. The molecule has 0 unspecified atom stereocenters. The van der Waals surface area contributed by atoms with Crippen molar-refractivity contribution in [1.82, 2.24) is 0 Å². The smallest absolute Gasteiger partial charge is 0.394 e. The van der Waals surface area contributed by atoms with Crippen LogP contribution in [0.15, 0.2) is 30.6 Å². The van der Waals surface area contributed by atoms with Gasteiger partial charge in [0.25, 0.3) is 0 Å². The van der Waals surface area contributed by atoms with Crippen molar-refractivity contribution >= 4 is 5.91 Å². The SMILES string of the molecule is CC(C)C(=O)[n+]1ccccc1.[Br-]. The first-order valence-corrected chi connectivity index (χ1v) is 3.72. The highest BCUT2D eigenvalue weighted by molar-refractivity contribution is 5.68. The van der Waals surface area contributed by atoms with E-state index in [1.165, 1.54) is 0 Å².